The van der Waals surface area contributed by atoms with Gasteiger partial charge in [-0.2, -0.15) is 0 Å². The molecule has 4 heteroatoms. The number of carbonyl (C=O) groups excluding carboxylic acids is 1. The molecule has 84 valence electrons. The average Bonchev–Trinajstić information content (AvgIpc) is 2.27. The van der Waals surface area contributed by atoms with Crippen molar-refractivity contribution in [2.24, 2.45) is 0 Å². The monoisotopic (exact) mass is 219 g/mol. The van der Waals surface area contributed by atoms with E-state index < -0.39 is 11.9 Å². The van der Waals surface area contributed by atoms with Crippen molar-refractivity contribution in [2.45, 2.75) is 6.42 Å². The van der Waals surface area contributed by atoms with E-state index in [1.54, 1.807) is 0 Å². The van der Waals surface area contributed by atoms with Crippen molar-refractivity contribution in [2.75, 3.05) is 6.54 Å². The Kier molecular flexibility index (Phi) is 4.27. The Bertz CT molecular complexity index is 398. The second kappa shape index (κ2) is 5.70. The number of rotatable bonds is 5. The third-order valence-electron chi connectivity index (χ3n) is 1.98. The highest BCUT2D eigenvalue weighted by molar-refractivity contribution is 5.94. The highest BCUT2D eigenvalue weighted by Crippen LogP contribution is 2.05. The quantitative estimate of drug-likeness (QED) is 0.725. The third-order valence-corrected chi connectivity index (χ3v) is 1.98. The van der Waals surface area contributed by atoms with Crippen molar-refractivity contribution < 1.29 is 14.7 Å². The van der Waals surface area contributed by atoms with E-state index in [9.17, 15) is 9.59 Å². The average molecular weight is 219 g/mol. The minimum atomic E-state index is -1.07. The third kappa shape index (κ3) is 3.96. The van der Waals surface area contributed by atoms with Gasteiger partial charge >= 0.3 is 5.97 Å². The molecule has 0 heterocycles. The molecular formula is C12H13NO3. The van der Waals surface area contributed by atoms with Crippen LogP contribution in [0.4, 0.5) is 0 Å². The summed E-state index contributed by atoms with van der Waals surface area (Å²) in [4.78, 5) is 21.6. The highest BCUT2D eigenvalue weighted by Gasteiger charge is 2.08. The molecule has 0 aliphatic carbocycles. The topological polar surface area (TPSA) is 66.4 Å². The van der Waals surface area contributed by atoms with Crippen LogP contribution in [0.2, 0.25) is 0 Å². The summed E-state index contributed by atoms with van der Waals surface area (Å²) >= 11 is 0. The molecule has 1 aromatic carbocycles. The summed E-state index contributed by atoms with van der Waals surface area (Å²) in [5.41, 5.74) is 1.32. The number of carboxylic acid groups (broad SMARTS) is 1. The van der Waals surface area contributed by atoms with E-state index in [-0.39, 0.29) is 6.54 Å². The number of benzene rings is 1. The van der Waals surface area contributed by atoms with Gasteiger partial charge in [-0.1, -0.05) is 36.9 Å². The normalized spacial score (nSPS) is 9.50. The SMILES string of the molecule is C=C(Cc1ccccc1)C(=O)NCC(=O)O. The number of carbonyl (C=O) groups is 2. The molecule has 0 atom stereocenters. The van der Waals surface area contributed by atoms with Gasteiger partial charge in [0.15, 0.2) is 0 Å². The molecule has 0 aliphatic heterocycles. The predicted molar refractivity (Wildman–Crippen MR) is 59.9 cm³/mol. The molecule has 2 N–H and O–H groups in total. The Morgan fingerprint density at radius 3 is 2.44 bits per heavy atom. The smallest absolute Gasteiger partial charge is 0.322 e. The molecule has 1 rings (SSSR count). The Labute approximate surface area is 93.6 Å². The molecule has 0 spiro atoms. The number of nitrogens with one attached hydrogen (secondary N) is 1. The zero-order valence-electron chi connectivity index (χ0n) is 8.77. The van der Waals surface area contributed by atoms with E-state index in [0.717, 1.165) is 5.56 Å². The molecule has 16 heavy (non-hydrogen) atoms. The first-order valence-corrected chi connectivity index (χ1v) is 4.81. The van der Waals surface area contributed by atoms with E-state index in [0.29, 0.717) is 12.0 Å². The molecule has 1 amide bonds. The van der Waals surface area contributed by atoms with Gasteiger partial charge in [0.05, 0.1) is 0 Å². The molecular weight excluding hydrogens is 206 g/mol. The van der Waals surface area contributed by atoms with Crippen molar-refractivity contribution in [3.8, 4) is 0 Å². The lowest BCUT2D eigenvalue weighted by atomic mass is 10.1. The van der Waals surface area contributed by atoms with Crippen LogP contribution in [0.1, 0.15) is 5.56 Å². The molecule has 0 fully saturated rings. The van der Waals surface area contributed by atoms with Crippen LogP contribution < -0.4 is 5.32 Å². The van der Waals surface area contributed by atoms with Crippen molar-refractivity contribution in [1.29, 1.82) is 0 Å². The summed E-state index contributed by atoms with van der Waals surface area (Å²) in [6, 6.07) is 9.40. The van der Waals surface area contributed by atoms with Crippen LogP contribution in [0, 0.1) is 0 Å². The van der Waals surface area contributed by atoms with Crippen molar-refractivity contribution in [3.05, 3.63) is 48.0 Å². The second-order valence-electron chi connectivity index (χ2n) is 3.34. The van der Waals surface area contributed by atoms with Crippen LogP contribution in [-0.2, 0) is 16.0 Å². The zero-order chi connectivity index (χ0) is 12.0. The summed E-state index contributed by atoms with van der Waals surface area (Å²) in [5.74, 6) is -1.49. The van der Waals surface area contributed by atoms with Crippen LogP contribution in [0.5, 0.6) is 0 Å². The van der Waals surface area contributed by atoms with Gasteiger partial charge < -0.3 is 10.4 Å². The Hall–Kier alpha value is -2.10. The van der Waals surface area contributed by atoms with E-state index in [1.807, 2.05) is 30.3 Å². The zero-order valence-corrected chi connectivity index (χ0v) is 8.77. The van der Waals surface area contributed by atoms with Crippen molar-refractivity contribution in [3.63, 3.8) is 0 Å². The molecule has 4 nitrogen and oxygen atoms in total. The van der Waals surface area contributed by atoms with Gasteiger partial charge in [0.25, 0.3) is 0 Å². The minimum absolute atomic E-state index is 0.354. The van der Waals surface area contributed by atoms with Gasteiger partial charge in [0, 0.05) is 12.0 Å². The number of amides is 1. The van der Waals surface area contributed by atoms with Gasteiger partial charge in [0.2, 0.25) is 5.91 Å². The van der Waals surface area contributed by atoms with Gasteiger partial charge in [-0.3, -0.25) is 9.59 Å². The first kappa shape index (κ1) is 12.0. The summed E-state index contributed by atoms with van der Waals surface area (Å²) in [5, 5.41) is 10.7. The van der Waals surface area contributed by atoms with E-state index in [2.05, 4.69) is 11.9 Å². The lowest BCUT2D eigenvalue weighted by molar-refractivity contribution is -0.137. The Balaban J connectivity index is 2.46. The molecule has 0 radical (unpaired) electrons. The lowest BCUT2D eigenvalue weighted by Gasteiger charge is -2.05. The van der Waals surface area contributed by atoms with Crippen molar-refractivity contribution in [1.82, 2.24) is 5.32 Å². The maximum absolute atomic E-state index is 11.4. The molecule has 1 aromatic rings. The molecule has 0 saturated heterocycles. The fourth-order valence-electron chi connectivity index (χ4n) is 1.20. The summed E-state index contributed by atoms with van der Waals surface area (Å²) in [7, 11) is 0. The lowest BCUT2D eigenvalue weighted by Crippen LogP contribution is -2.30. The fraction of sp³-hybridized carbons (Fsp3) is 0.167. The van der Waals surface area contributed by atoms with E-state index in [1.165, 1.54) is 0 Å². The second-order valence-corrected chi connectivity index (χ2v) is 3.34. The van der Waals surface area contributed by atoms with Crippen LogP contribution in [0.15, 0.2) is 42.5 Å². The van der Waals surface area contributed by atoms with Crippen LogP contribution >= 0.6 is 0 Å². The van der Waals surface area contributed by atoms with Crippen LogP contribution in [0.3, 0.4) is 0 Å². The number of carboxylic acids is 1. The molecule has 0 aliphatic rings. The maximum atomic E-state index is 11.4. The van der Waals surface area contributed by atoms with E-state index in [4.69, 9.17) is 5.11 Å². The molecule has 0 unspecified atom stereocenters. The number of aliphatic carboxylic acids is 1. The van der Waals surface area contributed by atoms with Gasteiger partial charge in [-0.25, -0.2) is 0 Å². The van der Waals surface area contributed by atoms with Gasteiger partial charge in [0.1, 0.15) is 6.54 Å². The number of hydrogen-bond donors (Lipinski definition) is 2. The predicted octanol–water partition coefficient (Wildman–Crippen LogP) is 0.986. The van der Waals surface area contributed by atoms with Crippen molar-refractivity contribution >= 4 is 11.9 Å². The standard InChI is InChI=1S/C12H13NO3/c1-9(12(16)13-8-11(14)15)7-10-5-3-2-4-6-10/h2-6H,1,7-8H2,(H,13,16)(H,14,15). The van der Waals surface area contributed by atoms with Crippen LogP contribution in [0.25, 0.3) is 0 Å². The summed E-state index contributed by atoms with van der Waals surface area (Å²) < 4.78 is 0. The Morgan fingerprint density at radius 2 is 1.88 bits per heavy atom. The summed E-state index contributed by atoms with van der Waals surface area (Å²) in [6.07, 6.45) is 0.423. The number of hydrogen-bond acceptors (Lipinski definition) is 2. The largest absolute Gasteiger partial charge is 0.480 e. The van der Waals surface area contributed by atoms with E-state index >= 15 is 0 Å². The highest BCUT2D eigenvalue weighted by atomic mass is 16.4. The molecule has 0 bridgehead atoms. The first-order valence-electron chi connectivity index (χ1n) is 4.81. The summed E-state index contributed by atoms with van der Waals surface area (Å²) in [6.45, 7) is 3.24. The minimum Gasteiger partial charge on any atom is -0.480 e. The van der Waals surface area contributed by atoms with Crippen LogP contribution in [-0.4, -0.2) is 23.5 Å². The molecule has 0 aromatic heterocycles. The molecule has 0 saturated carbocycles. The maximum Gasteiger partial charge on any atom is 0.322 e. The van der Waals surface area contributed by atoms with Gasteiger partial charge in [-0.15, -0.1) is 0 Å². The van der Waals surface area contributed by atoms with Gasteiger partial charge in [-0.05, 0) is 5.56 Å². The Morgan fingerprint density at radius 1 is 1.25 bits per heavy atom. The first-order chi connectivity index (χ1) is 7.59. The fourth-order valence-corrected chi connectivity index (χ4v) is 1.20.